The van der Waals surface area contributed by atoms with E-state index < -0.39 is 33.7 Å². The lowest BCUT2D eigenvalue weighted by atomic mass is 9.94. The molecule has 0 aromatic heterocycles. The average Bonchev–Trinajstić information content (AvgIpc) is 3.07. The molecular formula is C26H31FN2O4S. The molecule has 2 fully saturated rings. The van der Waals surface area contributed by atoms with E-state index in [1.807, 2.05) is 19.9 Å². The number of hydrogen-bond acceptors (Lipinski definition) is 4. The fourth-order valence-corrected chi connectivity index (χ4v) is 7.71. The monoisotopic (exact) mass is 486 g/mol. The molecule has 8 heteroatoms. The van der Waals surface area contributed by atoms with Crippen molar-refractivity contribution in [3.05, 3.63) is 58.4 Å². The lowest BCUT2D eigenvalue weighted by molar-refractivity contribution is -0.122. The molecule has 1 saturated carbocycles. The van der Waals surface area contributed by atoms with Gasteiger partial charge in [-0.25, -0.2) is 17.7 Å². The van der Waals surface area contributed by atoms with E-state index in [1.165, 1.54) is 28.6 Å². The van der Waals surface area contributed by atoms with Crippen LogP contribution < -0.4 is 4.90 Å². The number of rotatable bonds is 5. The number of sulfonamides is 1. The fraction of sp³-hybridized carbons (Fsp3) is 0.462. The summed E-state index contributed by atoms with van der Waals surface area (Å²) in [5.41, 5.74) is 3.31. The van der Waals surface area contributed by atoms with E-state index in [4.69, 9.17) is 0 Å². The summed E-state index contributed by atoms with van der Waals surface area (Å²) in [6, 6.07) is 5.59. The Bertz CT molecular complexity index is 1210. The van der Waals surface area contributed by atoms with Crippen molar-refractivity contribution in [1.29, 1.82) is 0 Å². The van der Waals surface area contributed by atoms with Gasteiger partial charge in [0.25, 0.3) is 5.91 Å². The Morgan fingerprint density at radius 3 is 2.03 bits per heavy atom. The van der Waals surface area contributed by atoms with Crippen molar-refractivity contribution in [1.82, 2.24) is 4.31 Å². The summed E-state index contributed by atoms with van der Waals surface area (Å²) in [5, 5.41) is 0. The Kier molecular flexibility index (Phi) is 6.66. The summed E-state index contributed by atoms with van der Waals surface area (Å²) in [7, 11) is -4.09. The van der Waals surface area contributed by atoms with Gasteiger partial charge in [0.15, 0.2) is 0 Å². The predicted molar refractivity (Wildman–Crippen MR) is 129 cm³/mol. The first kappa shape index (κ1) is 24.5. The normalized spacial score (nSPS) is 19.9. The molecule has 1 unspecified atom stereocenters. The third kappa shape index (κ3) is 4.18. The van der Waals surface area contributed by atoms with Crippen molar-refractivity contribution < 1.29 is 22.4 Å². The topological polar surface area (TPSA) is 74.8 Å². The van der Waals surface area contributed by atoms with Crippen LogP contribution in [0, 0.1) is 33.5 Å². The van der Waals surface area contributed by atoms with Gasteiger partial charge in [-0.1, -0.05) is 25.3 Å². The van der Waals surface area contributed by atoms with Gasteiger partial charge in [-0.3, -0.25) is 9.59 Å². The highest BCUT2D eigenvalue weighted by Crippen LogP contribution is 2.37. The fourth-order valence-electron chi connectivity index (χ4n) is 5.30. The molecule has 1 aliphatic heterocycles. The molecule has 182 valence electrons. The zero-order valence-electron chi connectivity index (χ0n) is 20.1. The maximum Gasteiger partial charge on any atom is 0.252 e. The van der Waals surface area contributed by atoms with Gasteiger partial charge in [0.05, 0.1) is 17.0 Å². The van der Waals surface area contributed by atoms with E-state index in [2.05, 4.69) is 0 Å². The summed E-state index contributed by atoms with van der Waals surface area (Å²) in [5.74, 6) is -1.54. The van der Waals surface area contributed by atoms with Crippen LogP contribution in [-0.4, -0.2) is 36.6 Å². The Balaban J connectivity index is 1.83. The minimum Gasteiger partial charge on any atom is -0.274 e. The lowest BCUT2D eigenvalue weighted by Gasteiger charge is -2.37. The molecule has 2 amide bonds. The minimum absolute atomic E-state index is 0.227. The van der Waals surface area contributed by atoms with Crippen molar-refractivity contribution >= 4 is 27.5 Å². The molecule has 34 heavy (non-hydrogen) atoms. The zero-order valence-corrected chi connectivity index (χ0v) is 20.9. The van der Waals surface area contributed by atoms with E-state index >= 15 is 0 Å². The van der Waals surface area contributed by atoms with Crippen molar-refractivity contribution in [2.75, 3.05) is 4.90 Å². The second-order valence-electron chi connectivity index (χ2n) is 9.48. The van der Waals surface area contributed by atoms with Crippen LogP contribution in [0.3, 0.4) is 0 Å². The Labute approximate surface area is 200 Å². The van der Waals surface area contributed by atoms with E-state index in [1.54, 1.807) is 13.8 Å². The quantitative estimate of drug-likeness (QED) is 0.574. The summed E-state index contributed by atoms with van der Waals surface area (Å²) in [6.45, 7) is 7.35. The Hall–Kier alpha value is -2.58. The molecule has 0 N–H and O–H groups in total. The number of benzene rings is 2. The van der Waals surface area contributed by atoms with Crippen LogP contribution in [0.2, 0.25) is 0 Å². The molecule has 0 radical (unpaired) electrons. The van der Waals surface area contributed by atoms with Gasteiger partial charge >= 0.3 is 0 Å². The van der Waals surface area contributed by atoms with Gasteiger partial charge < -0.3 is 0 Å². The van der Waals surface area contributed by atoms with E-state index in [0.717, 1.165) is 35.3 Å². The van der Waals surface area contributed by atoms with Crippen LogP contribution in [0.25, 0.3) is 0 Å². The summed E-state index contributed by atoms with van der Waals surface area (Å²) >= 11 is 0. The second kappa shape index (κ2) is 9.23. The molecule has 0 spiro atoms. The molecule has 2 aliphatic rings. The first-order valence-electron chi connectivity index (χ1n) is 11.8. The number of imide groups is 1. The predicted octanol–water partition coefficient (Wildman–Crippen LogP) is 4.71. The van der Waals surface area contributed by atoms with Crippen molar-refractivity contribution in [3.8, 4) is 0 Å². The van der Waals surface area contributed by atoms with Gasteiger partial charge in [-0.05, 0) is 87.1 Å². The summed E-state index contributed by atoms with van der Waals surface area (Å²) in [6.07, 6.45) is 3.84. The Morgan fingerprint density at radius 2 is 1.47 bits per heavy atom. The van der Waals surface area contributed by atoms with Crippen molar-refractivity contribution in [2.45, 2.75) is 83.2 Å². The minimum atomic E-state index is -4.09. The van der Waals surface area contributed by atoms with Crippen LogP contribution in [0.15, 0.2) is 35.2 Å². The van der Waals surface area contributed by atoms with E-state index in [9.17, 15) is 22.4 Å². The van der Waals surface area contributed by atoms with Gasteiger partial charge in [-0.15, -0.1) is 0 Å². The van der Waals surface area contributed by atoms with Crippen LogP contribution in [0.1, 0.15) is 60.8 Å². The summed E-state index contributed by atoms with van der Waals surface area (Å²) < 4.78 is 43.4. The highest BCUT2D eigenvalue weighted by atomic mass is 32.2. The summed E-state index contributed by atoms with van der Waals surface area (Å²) in [4.78, 5) is 27.8. The highest BCUT2D eigenvalue weighted by molar-refractivity contribution is 7.89. The number of aryl methyl sites for hydroxylation is 2. The SMILES string of the molecule is Cc1cc(C)c(C)c(S(=O)(=O)N(C2CCCCC2)C2CC(=O)N(c3ccc(F)cc3)C2=O)c1C. The maximum absolute atomic E-state index is 14.3. The molecule has 1 aliphatic carbocycles. The largest absolute Gasteiger partial charge is 0.274 e. The van der Waals surface area contributed by atoms with Crippen molar-refractivity contribution in [3.63, 3.8) is 0 Å². The number of carbonyl (C=O) groups is 2. The number of nitrogens with zero attached hydrogens (tertiary/aromatic N) is 2. The first-order valence-corrected chi connectivity index (χ1v) is 13.2. The van der Waals surface area contributed by atoms with Crippen LogP contribution in [0.5, 0.6) is 0 Å². The van der Waals surface area contributed by atoms with Crippen LogP contribution in [-0.2, 0) is 19.6 Å². The van der Waals surface area contributed by atoms with Gasteiger partial charge in [0.1, 0.15) is 11.9 Å². The second-order valence-corrected chi connectivity index (χ2v) is 11.3. The molecule has 1 saturated heterocycles. The molecule has 2 aromatic rings. The number of halogens is 1. The average molecular weight is 487 g/mol. The number of carbonyl (C=O) groups excluding carboxylic acids is 2. The lowest BCUT2D eigenvalue weighted by Crippen LogP contribution is -2.51. The highest BCUT2D eigenvalue weighted by Gasteiger charge is 2.50. The van der Waals surface area contributed by atoms with E-state index in [-0.39, 0.29) is 23.0 Å². The smallest absolute Gasteiger partial charge is 0.252 e. The molecule has 1 heterocycles. The standard InChI is InChI=1S/C26H31FN2O4S/c1-16-14-17(2)19(4)25(18(16)3)34(32,33)29(22-8-6-5-7-9-22)23-15-24(30)28(26(23)31)21-12-10-20(27)11-13-21/h10-14,22-23H,5-9,15H2,1-4H3. The van der Waals surface area contributed by atoms with Gasteiger partial charge in [-0.2, -0.15) is 4.31 Å². The first-order chi connectivity index (χ1) is 16.0. The third-order valence-corrected chi connectivity index (χ3v) is 9.52. The van der Waals surface area contributed by atoms with Crippen LogP contribution >= 0.6 is 0 Å². The number of amides is 2. The van der Waals surface area contributed by atoms with Gasteiger partial charge in [0, 0.05) is 6.04 Å². The van der Waals surface area contributed by atoms with Crippen LogP contribution in [0.4, 0.5) is 10.1 Å². The molecule has 1 atom stereocenters. The number of anilines is 1. The molecule has 0 bridgehead atoms. The molecule has 6 nitrogen and oxygen atoms in total. The molecule has 4 rings (SSSR count). The maximum atomic E-state index is 14.3. The van der Waals surface area contributed by atoms with Crippen molar-refractivity contribution in [2.24, 2.45) is 0 Å². The number of hydrogen-bond donors (Lipinski definition) is 0. The molecular weight excluding hydrogens is 455 g/mol. The Morgan fingerprint density at radius 1 is 0.912 bits per heavy atom. The third-order valence-electron chi connectivity index (χ3n) is 7.28. The van der Waals surface area contributed by atoms with E-state index in [0.29, 0.717) is 24.0 Å². The van der Waals surface area contributed by atoms with Gasteiger partial charge in [0.2, 0.25) is 15.9 Å². The molecule has 2 aromatic carbocycles. The zero-order chi connectivity index (χ0) is 24.8.